The van der Waals surface area contributed by atoms with Crippen LogP contribution in [0.2, 0.25) is 0 Å². The number of aromatic nitrogens is 2. The van der Waals surface area contributed by atoms with Gasteiger partial charge in [0.2, 0.25) is 0 Å². The molecule has 104 valence electrons. The van der Waals surface area contributed by atoms with Crippen LogP contribution in [-0.2, 0) is 19.5 Å². The Morgan fingerprint density at radius 1 is 1.33 bits per heavy atom. The first-order chi connectivity index (χ1) is 8.33. The molecule has 0 unspecified atom stereocenters. The molecule has 0 bridgehead atoms. The van der Waals surface area contributed by atoms with Gasteiger partial charge in [-0.05, 0) is 39.5 Å². The van der Waals surface area contributed by atoms with Crippen molar-refractivity contribution in [1.82, 2.24) is 15.1 Å². The summed E-state index contributed by atoms with van der Waals surface area (Å²) in [6, 6.07) is 0. The van der Waals surface area contributed by atoms with Gasteiger partial charge in [0.15, 0.2) is 0 Å². The van der Waals surface area contributed by atoms with Crippen molar-refractivity contribution >= 4 is 0 Å². The average molecular weight is 251 g/mol. The number of rotatable bonds is 6. The summed E-state index contributed by atoms with van der Waals surface area (Å²) in [6.45, 7) is 15.3. The Morgan fingerprint density at radius 2 is 2.00 bits per heavy atom. The van der Waals surface area contributed by atoms with Gasteiger partial charge in [-0.2, -0.15) is 5.10 Å². The van der Waals surface area contributed by atoms with Gasteiger partial charge in [-0.25, -0.2) is 0 Å². The molecule has 1 heterocycles. The molecule has 0 fully saturated rings. The predicted octanol–water partition coefficient (Wildman–Crippen LogP) is 3.38. The van der Waals surface area contributed by atoms with Gasteiger partial charge in [-0.3, -0.25) is 4.68 Å². The topological polar surface area (TPSA) is 29.9 Å². The van der Waals surface area contributed by atoms with Gasteiger partial charge in [-0.1, -0.05) is 20.8 Å². The molecule has 1 aromatic heterocycles. The van der Waals surface area contributed by atoms with Crippen molar-refractivity contribution < 1.29 is 0 Å². The molecular weight excluding hydrogens is 222 g/mol. The Morgan fingerprint density at radius 3 is 2.50 bits per heavy atom. The first-order valence-electron chi connectivity index (χ1n) is 7.12. The molecular formula is C15H29N3. The second-order valence-corrected chi connectivity index (χ2v) is 6.48. The fourth-order valence-corrected chi connectivity index (χ4v) is 1.94. The fourth-order valence-electron chi connectivity index (χ4n) is 1.94. The number of hydrogen-bond donors (Lipinski definition) is 1. The van der Waals surface area contributed by atoms with Crippen LogP contribution >= 0.6 is 0 Å². The molecule has 3 heteroatoms. The summed E-state index contributed by atoms with van der Waals surface area (Å²) in [4.78, 5) is 0. The van der Waals surface area contributed by atoms with Crippen molar-refractivity contribution in [2.45, 2.75) is 73.0 Å². The highest BCUT2D eigenvalue weighted by Crippen LogP contribution is 2.13. The van der Waals surface area contributed by atoms with Crippen LogP contribution < -0.4 is 5.32 Å². The van der Waals surface area contributed by atoms with E-state index >= 15 is 0 Å². The van der Waals surface area contributed by atoms with E-state index in [2.05, 4.69) is 56.6 Å². The second kappa shape index (κ2) is 6.37. The van der Waals surface area contributed by atoms with E-state index < -0.39 is 0 Å². The number of aryl methyl sites for hydroxylation is 1. The Labute approximate surface area is 112 Å². The Bertz CT molecular complexity index is 358. The lowest BCUT2D eigenvalue weighted by Gasteiger charge is -2.20. The summed E-state index contributed by atoms with van der Waals surface area (Å²) < 4.78 is 2.18. The molecule has 1 rings (SSSR count). The highest BCUT2D eigenvalue weighted by Gasteiger charge is 2.13. The van der Waals surface area contributed by atoms with Gasteiger partial charge in [0.05, 0.1) is 6.20 Å². The van der Waals surface area contributed by atoms with Crippen LogP contribution in [0.5, 0.6) is 0 Å². The molecule has 0 spiro atoms. The van der Waals surface area contributed by atoms with Crippen molar-refractivity contribution in [3.8, 4) is 0 Å². The predicted molar refractivity (Wildman–Crippen MR) is 77.7 cm³/mol. The van der Waals surface area contributed by atoms with E-state index in [9.17, 15) is 0 Å². The maximum absolute atomic E-state index is 4.54. The van der Waals surface area contributed by atoms with E-state index in [0.29, 0.717) is 0 Å². The third-order valence-corrected chi connectivity index (χ3v) is 3.10. The van der Waals surface area contributed by atoms with Crippen molar-refractivity contribution in [3.05, 3.63) is 17.5 Å². The SMILES string of the molecule is CCc1c(CNC(C)(C)C)cnn1CCC(C)C. The van der Waals surface area contributed by atoms with Crippen molar-refractivity contribution in [3.63, 3.8) is 0 Å². The fraction of sp³-hybridized carbons (Fsp3) is 0.800. The molecule has 0 radical (unpaired) electrons. The minimum absolute atomic E-state index is 0.158. The molecule has 0 aromatic carbocycles. The van der Waals surface area contributed by atoms with E-state index in [1.807, 2.05) is 6.20 Å². The Hall–Kier alpha value is -0.830. The summed E-state index contributed by atoms with van der Waals surface area (Å²) in [5.74, 6) is 0.732. The van der Waals surface area contributed by atoms with Crippen molar-refractivity contribution in [2.24, 2.45) is 5.92 Å². The highest BCUT2D eigenvalue weighted by molar-refractivity contribution is 5.18. The van der Waals surface area contributed by atoms with Crippen molar-refractivity contribution in [1.29, 1.82) is 0 Å². The monoisotopic (exact) mass is 251 g/mol. The Kier molecular flexibility index (Phi) is 5.39. The molecule has 0 saturated carbocycles. The van der Waals surface area contributed by atoms with Crippen LogP contribution in [0, 0.1) is 5.92 Å². The second-order valence-electron chi connectivity index (χ2n) is 6.48. The summed E-state index contributed by atoms with van der Waals surface area (Å²) in [7, 11) is 0. The normalized spacial score (nSPS) is 12.4. The average Bonchev–Trinajstić information content (AvgIpc) is 2.64. The third kappa shape index (κ3) is 4.81. The standard InChI is InChI=1S/C15H29N3/c1-7-14-13(10-16-15(4,5)6)11-17-18(14)9-8-12(2)3/h11-12,16H,7-10H2,1-6H3. The lowest BCUT2D eigenvalue weighted by molar-refractivity contribution is 0.422. The lowest BCUT2D eigenvalue weighted by atomic mass is 10.1. The number of hydrogen-bond acceptors (Lipinski definition) is 2. The first kappa shape index (κ1) is 15.2. The number of nitrogens with zero attached hydrogens (tertiary/aromatic N) is 2. The highest BCUT2D eigenvalue weighted by atomic mass is 15.3. The van der Waals surface area contributed by atoms with Crippen LogP contribution in [0.4, 0.5) is 0 Å². The quantitative estimate of drug-likeness (QED) is 0.840. The molecule has 1 aromatic rings. The van der Waals surface area contributed by atoms with Crippen LogP contribution in [0.1, 0.15) is 59.2 Å². The van der Waals surface area contributed by atoms with Gasteiger partial charge >= 0.3 is 0 Å². The zero-order valence-corrected chi connectivity index (χ0v) is 12.9. The molecule has 0 amide bonds. The van der Waals surface area contributed by atoms with Crippen LogP contribution in [0.3, 0.4) is 0 Å². The molecule has 18 heavy (non-hydrogen) atoms. The van der Waals surface area contributed by atoms with E-state index in [-0.39, 0.29) is 5.54 Å². The molecule has 0 atom stereocenters. The third-order valence-electron chi connectivity index (χ3n) is 3.10. The molecule has 3 nitrogen and oxygen atoms in total. The molecule has 0 saturated heterocycles. The minimum Gasteiger partial charge on any atom is -0.308 e. The zero-order chi connectivity index (χ0) is 13.8. The van der Waals surface area contributed by atoms with Gasteiger partial charge in [0.25, 0.3) is 0 Å². The summed E-state index contributed by atoms with van der Waals surface area (Å²) in [5, 5.41) is 8.07. The van der Waals surface area contributed by atoms with Gasteiger partial charge < -0.3 is 5.32 Å². The molecule has 1 N–H and O–H groups in total. The van der Waals surface area contributed by atoms with Gasteiger partial charge in [0, 0.05) is 29.9 Å². The first-order valence-corrected chi connectivity index (χ1v) is 7.12. The van der Waals surface area contributed by atoms with Crippen molar-refractivity contribution in [2.75, 3.05) is 0 Å². The van der Waals surface area contributed by atoms with E-state index in [0.717, 1.165) is 25.4 Å². The van der Waals surface area contributed by atoms with Crippen LogP contribution in [-0.4, -0.2) is 15.3 Å². The van der Waals surface area contributed by atoms with E-state index in [1.54, 1.807) is 0 Å². The van der Waals surface area contributed by atoms with E-state index in [4.69, 9.17) is 0 Å². The van der Waals surface area contributed by atoms with E-state index in [1.165, 1.54) is 17.7 Å². The van der Waals surface area contributed by atoms with Crippen LogP contribution in [0.25, 0.3) is 0 Å². The molecule has 0 aliphatic heterocycles. The Balaban J connectivity index is 2.69. The minimum atomic E-state index is 0.158. The smallest absolute Gasteiger partial charge is 0.0537 e. The summed E-state index contributed by atoms with van der Waals surface area (Å²) in [5.41, 5.74) is 2.88. The summed E-state index contributed by atoms with van der Waals surface area (Å²) in [6.07, 6.45) is 4.28. The summed E-state index contributed by atoms with van der Waals surface area (Å²) >= 11 is 0. The zero-order valence-electron chi connectivity index (χ0n) is 12.9. The van der Waals surface area contributed by atoms with Crippen LogP contribution in [0.15, 0.2) is 6.20 Å². The van der Waals surface area contributed by atoms with Gasteiger partial charge in [0.1, 0.15) is 0 Å². The maximum atomic E-state index is 4.54. The van der Waals surface area contributed by atoms with Gasteiger partial charge in [-0.15, -0.1) is 0 Å². The molecule has 0 aliphatic carbocycles. The largest absolute Gasteiger partial charge is 0.308 e. The molecule has 0 aliphatic rings. The maximum Gasteiger partial charge on any atom is 0.0537 e. The lowest BCUT2D eigenvalue weighted by Crippen LogP contribution is -2.35. The number of nitrogens with one attached hydrogen (secondary N) is 1.